The Labute approximate surface area is 127 Å². The summed E-state index contributed by atoms with van der Waals surface area (Å²) in [6, 6.07) is 10.1. The minimum absolute atomic E-state index is 0.0621. The van der Waals surface area contributed by atoms with E-state index in [2.05, 4.69) is 26.8 Å². The van der Waals surface area contributed by atoms with Crippen molar-refractivity contribution in [2.45, 2.75) is 58.3 Å². The van der Waals surface area contributed by atoms with Crippen molar-refractivity contribution < 1.29 is 14.3 Å². The fraction of sp³-hybridized carbons (Fsp3) is 0.500. The monoisotopic (exact) mass is 288 g/mol. The number of carbonyl (C=O) groups is 1. The Bertz CT molecular complexity index is 511. The second-order valence-corrected chi connectivity index (χ2v) is 6.43. The van der Waals surface area contributed by atoms with Crippen molar-refractivity contribution in [3.8, 4) is 0 Å². The molecule has 0 bridgehead atoms. The summed E-state index contributed by atoms with van der Waals surface area (Å²) in [5.74, 6) is -0.239. The van der Waals surface area contributed by atoms with E-state index >= 15 is 0 Å². The molecule has 1 aromatic rings. The molecule has 0 aromatic heterocycles. The van der Waals surface area contributed by atoms with Gasteiger partial charge in [0.2, 0.25) is 0 Å². The van der Waals surface area contributed by atoms with Crippen LogP contribution in [0.15, 0.2) is 36.4 Å². The SMILES string of the molecule is CC(=O)O[C@@H]1CC[C@@H](OC(C)(C)C)C=C1c1ccccc1. The number of hydrogen-bond donors (Lipinski definition) is 0. The highest BCUT2D eigenvalue weighted by atomic mass is 16.5. The summed E-state index contributed by atoms with van der Waals surface area (Å²) in [7, 11) is 0. The molecule has 0 fully saturated rings. The minimum Gasteiger partial charge on any atom is -0.458 e. The Morgan fingerprint density at radius 2 is 1.81 bits per heavy atom. The lowest BCUT2D eigenvalue weighted by atomic mass is 9.89. The van der Waals surface area contributed by atoms with Crippen LogP contribution >= 0.6 is 0 Å². The summed E-state index contributed by atoms with van der Waals surface area (Å²) in [6.45, 7) is 7.63. The highest BCUT2D eigenvalue weighted by Gasteiger charge is 2.28. The fourth-order valence-electron chi connectivity index (χ4n) is 2.64. The van der Waals surface area contributed by atoms with Crippen molar-refractivity contribution in [2.75, 3.05) is 0 Å². The molecule has 2 atom stereocenters. The second-order valence-electron chi connectivity index (χ2n) is 6.43. The predicted octanol–water partition coefficient (Wildman–Crippen LogP) is 3.98. The molecule has 114 valence electrons. The van der Waals surface area contributed by atoms with Gasteiger partial charge in [0.05, 0.1) is 11.7 Å². The molecule has 0 amide bonds. The van der Waals surface area contributed by atoms with Gasteiger partial charge in [-0.2, -0.15) is 0 Å². The fourth-order valence-corrected chi connectivity index (χ4v) is 2.64. The number of esters is 1. The van der Waals surface area contributed by atoms with Crippen LogP contribution in [0.3, 0.4) is 0 Å². The van der Waals surface area contributed by atoms with Gasteiger partial charge in [-0.1, -0.05) is 30.3 Å². The number of benzene rings is 1. The molecular weight excluding hydrogens is 264 g/mol. The lowest BCUT2D eigenvalue weighted by molar-refractivity contribution is -0.144. The summed E-state index contributed by atoms with van der Waals surface area (Å²) in [6.07, 6.45) is 3.65. The van der Waals surface area contributed by atoms with E-state index in [9.17, 15) is 4.79 Å². The summed E-state index contributed by atoms with van der Waals surface area (Å²) in [5.41, 5.74) is 1.95. The van der Waals surface area contributed by atoms with Gasteiger partial charge >= 0.3 is 5.97 Å². The molecule has 0 saturated carbocycles. The maximum atomic E-state index is 11.3. The van der Waals surface area contributed by atoms with E-state index in [1.165, 1.54) is 6.92 Å². The lowest BCUT2D eigenvalue weighted by Gasteiger charge is -2.32. The molecular formula is C18H24O3. The van der Waals surface area contributed by atoms with Gasteiger partial charge in [-0.3, -0.25) is 4.79 Å². The van der Waals surface area contributed by atoms with Crippen molar-refractivity contribution in [1.82, 2.24) is 0 Å². The van der Waals surface area contributed by atoms with Crippen LogP contribution in [0, 0.1) is 0 Å². The van der Waals surface area contributed by atoms with Gasteiger partial charge in [-0.15, -0.1) is 0 Å². The number of ether oxygens (including phenoxy) is 2. The zero-order chi connectivity index (χ0) is 15.5. The van der Waals surface area contributed by atoms with Crippen molar-refractivity contribution >= 4 is 11.5 Å². The molecule has 0 spiro atoms. The van der Waals surface area contributed by atoms with Crippen LogP contribution in [-0.2, 0) is 14.3 Å². The molecule has 1 aliphatic rings. The zero-order valence-electron chi connectivity index (χ0n) is 13.3. The molecule has 3 heteroatoms. The minimum atomic E-state index is -0.239. The Morgan fingerprint density at radius 1 is 1.14 bits per heavy atom. The molecule has 0 heterocycles. The third kappa shape index (κ3) is 4.71. The molecule has 0 radical (unpaired) electrons. The summed E-state index contributed by atoms with van der Waals surface area (Å²) in [4.78, 5) is 11.3. The summed E-state index contributed by atoms with van der Waals surface area (Å²) >= 11 is 0. The normalized spacial score (nSPS) is 22.6. The van der Waals surface area contributed by atoms with Crippen molar-refractivity contribution in [1.29, 1.82) is 0 Å². The molecule has 0 unspecified atom stereocenters. The van der Waals surface area contributed by atoms with Crippen LogP contribution in [0.1, 0.15) is 46.1 Å². The molecule has 0 saturated heterocycles. The molecule has 0 aliphatic heterocycles. The van der Waals surface area contributed by atoms with Gasteiger partial charge in [0.15, 0.2) is 0 Å². The van der Waals surface area contributed by atoms with Gasteiger partial charge in [0.25, 0.3) is 0 Å². The van der Waals surface area contributed by atoms with Crippen LogP contribution in [0.25, 0.3) is 5.57 Å². The first-order valence-electron chi connectivity index (χ1n) is 7.47. The zero-order valence-corrected chi connectivity index (χ0v) is 13.3. The average Bonchev–Trinajstić information content (AvgIpc) is 2.39. The molecule has 2 rings (SSSR count). The first-order chi connectivity index (χ1) is 9.85. The summed E-state index contributed by atoms with van der Waals surface area (Å²) < 4.78 is 11.5. The van der Waals surface area contributed by atoms with Gasteiger partial charge < -0.3 is 9.47 Å². The van der Waals surface area contributed by atoms with Crippen molar-refractivity contribution in [2.24, 2.45) is 0 Å². The Balaban J connectivity index is 2.27. The largest absolute Gasteiger partial charge is 0.458 e. The van der Waals surface area contributed by atoms with Gasteiger partial charge in [-0.05, 0) is 50.8 Å². The van der Waals surface area contributed by atoms with Gasteiger partial charge in [0.1, 0.15) is 6.10 Å². The van der Waals surface area contributed by atoms with Crippen LogP contribution in [0.5, 0.6) is 0 Å². The van der Waals surface area contributed by atoms with Gasteiger partial charge in [-0.25, -0.2) is 0 Å². The maximum Gasteiger partial charge on any atom is 0.303 e. The van der Waals surface area contributed by atoms with E-state index in [0.717, 1.165) is 24.0 Å². The van der Waals surface area contributed by atoms with E-state index in [-0.39, 0.29) is 23.8 Å². The van der Waals surface area contributed by atoms with E-state index < -0.39 is 0 Å². The molecule has 3 nitrogen and oxygen atoms in total. The molecule has 21 heavy (non-hydrogen) atoms. The number of hydrogen-bond acceptors (Lipinski definition) is 3. The topological polar surface area (TPSA) is 35.5 Å². The van der Waals surface area contributed by atoms with Crippen LogP contribution in [0.4, 0.5) is 0 Å². The standard InChI is InChI=1S/C18H24O3/c1-13(19)20-17-11-10-15(21-18(2,3)4)12-16(17)14-8-6-5-7-9-14/h5-9,12,15,17H,10-11H2,1-4H3/t15-,17-/m1/s1. The van der Waals surface area contributed by atoms with Crippen LogP contribution in [-0.4, -0.2) is 23.8 Å². The quantitative estimate of drug-likeness (QED) is 0.789. The van der Waals surface area contributed by atoms with Crippen LogP contribution in [0.2, 0.25) is 0 Å². The molecule has 1 aromatic carbocycles. The molecule has 1 aliphatic carbocycles. The predicted molar refractivity (Wildman–Crippen MR) is 83.8 cm³/mol. The Morgan fingerprint density at radius 3 is 2.38 bits per heavy atom. The van der Waals surface area contributed by atoms with Gasteiger partial charge in [0, 0.05) is 6.92 Å². The van der Waals surface area contributed by atoms with Crippen molar-refractivity contribution in [3.05, 3.63) is 42.0 Å². The van der Waals surface area contributed by atoms with E-state index in [1.54, 1.807) is 0 Å². The lowest BCUT2D eigenvalue weighted by Crippen LogP contribution is -2.32. The third-order valence-corrected chi connectivity index (χ3v) is 3.35. The maximum absolute atomic E-state index is 11.3. The molecule has 0 N–H and O–H groups in total. The Hall–Kier alpha value is -1.61. The number of carbonyl (C=O) groups excluding carboxylic acids is 1. The van der Waals surface area contributed by atoms with E-state index in [4.69, 9.17) is 9.47 Å². The van der Waals surface area contributed by atoms with Crippen LogP contribution < -0.4 is 0 Å². The first-order valence-corrected chi connectivity index (χ1v) is 7.47. The number of rotatable bonds is 3. The smallest absolute Gasteiger partial charge is 0.303 e. The second kappa shape index (κ2) is 6.44. The summed E-state index contributed by atoms with van der Waals surface area (Å²) in [5, 5.41) is 0. The van der Waals surface area contributed by atoms with Crippen molar-refractivity contribution in [3.63, 3.8) is 0 Å². The Kier molecular flexibility index (Phi) is 4.84. The average molecular weight is 288 g/mol. The van der Waals surface area contributed by atoms with E-state index in [0.29, 0.717) is 0 Å². The third-order valence-electron chi connectivity index (χ3n) is 3.35. The highest BCUT2D eigenvalue weighted by molar-refractivity contribution is 5.74. The highest BCUT2D eigenvalue weighted by Crippen LogP contribution is 2.32. The first kappa shape index (κ1) is 15.8. The van der Waals surface area contributed by atoms with E-state index in [1.807, 2.05) is 30.3 Å².